The summed E-state index contributed by atoms with van der Waals surface area (Å²) in [7, 11) is 0. The Bertz CT molecular complexity index is 1380. The zero-order valence-electron chi connectivity index (χ0n) is 19.4. The standard InChI is InChI=1S/C26H27BrN6O2/c27-24-21-15-29-23(13-16-3-4-18(12-16)26(34)30-19-7-10-35-11-8-19)31-25(21)33(32-24)20-5-6-22-17(14-20)2-1-9-28-22/h1-2,5-6,9,14-16,18-19H,3-4,7-8,10-13H2,(H,30,34)/t16-,18-/m1/s1. The molecular weight excluding hydrogens is 508 g/mol. The summed E-state index contributed by atoms with van der Waals surface area (Å²) in [5.41, 5.74) is 2.65. The second-order valence-electron chi connectivity index (χ2n) is 9.58. The van der Waals surface area contributed by atoms with Crippen molar-refractivity contribution in [3.05, 3.63) is 53.2 Å². The molecule has 4 aromatic rings. The van der Waals surface area contributed by atoms with Crippen molar-refractivity contribution in [3.8, 4) is 5.69 Å². The van der Waals surface area contributed by atoms with Crippen molar-refractivity contribution < 1.29 is 9.53 Å². The van der Waals surface area contributed by atoms with E-state index in [1.165, 1.54) is 0 Å². The minimum Gasteiger partial charge on any atom is -0.381 e. The van der Waals surface area contributed by atoms with Gasteiger partial charge in [-0.05, 0) is 78.2 Å². The van der Waals surface area contributed by atoms with Gasteiger partial charge in [0.25, 0.3) is 0 Å². The molecular formula is C26H27BrN6O2. The Morgan fingerprint density at radius 3 is 2.91 bits per heavy atom. The molecule has 1 saturated heterocycles. The molecule has 1 amide bonds. The summed E-state index contributed by atoms with van der Waals surface area (Å²) in [6.07, 6.45) is 9.06. The van der Waals surface area contributed by atoms with Gasteiger partial charge in [0.2, 0.25) is 5.91 Å². The SMILES string of the molecule is O=C(NC1CCOCC1)[C@@H]1CC[C@@H](Cc2ncc3c(Br)nn(-c4ccc5ncccc5c4)c3n2)C1. The van der Waals surface area contributed by atoms with Gasteiger partial charge in [-0.15, -0.1) is 0 Å². The lowest BCUT2D eigenvalue weighted by Crippen LogP contribution is -2.41. The van der Waals surface area contributed by atoms with Crippen LogP contribution in [0, 0.1) is 11.8 Å². The predicted molar refractivity (Wildman–Crippen MR) is 136 cm³/mol. The summed E-state index contributed by atoms with van der Waals surface area (Å²) >= 11 is 3.57. The van der Waals surface area contributed by atoms with Crippen LogP contribution in [0.2, 0.25) is 0 Å². The molecule has 180 valence electrons. The Balaban J connectivity index is 1.19. The summed E-state index contributed by atoms with van der Waals surface area (Å²) in [6.45, 7) is 1.47. The number of carbonyl (C=O) groups is 1. The number of aromatic nitrogens is 5. The van der Waals surface area contributed by atoms with Crippen LogP contribution in [0.25, 0.3) is 27.6 Å². The van der Waals surface area contributed by atoms with Crippen LogP contribution in [0.5, 0.6) is 0 Å². The number of carbonyl (C=O) groups excluding carboxylic acids is 1. The lowest BCUT2D eigenvalue weighted by molar-refractivity contribution is -0.126. The second-order valence-corrected chi connectivity index (χ2v) is 10.3. The molecule has 6 rings (SSSR count). The maximum atomic E-state index is 12.8. The summed E-state index contributed by atoms with van der Waals surface area (Å²) in [5.74, 6) is 1.48. The molecule has 0 spiro atoms. The number of fused-ring (bicyclic) bond motifs is 2. The van der Waals surface area contributed by atoms with Crippen LogP contribution in [0.4, 0.5) is 0 Å². The molecule has 3 aromatic heterocycles. The maximum Gasteiger partial charge on any atom is 0.223 e. The van der Waals surface area contributed by atoms with Crippen molar-refractivity contribution >= 4 is 43.8 Å². The topological polar surface area (TPSA) is 94.8 Å². The first kappa shape index (κ1) is 22.5. The molecule has 1 aliphatic heterocycles. The van der Waals surface area contributed by atoms with Crippen LogP contribution in [0.15, 0.2) is 47.3 Å². The van der Waals surface area contributed by atoms with Crippen LogP contribution in [-0.4, -0.2) is 49.9 Å². The highest BCUT2D eigenvalue weighted by molar-refractivity contribution is 9.10. The molecule has 0 unspecified atom stereocenters. The van der Waals surface area contributed by atoms with Crippen molar-refractivity contribution in [1.82, 2.24) is 30.0 Å². The van der Waals surface area contributed by atoms with Crippen LogP contribution in [-0.2, 0) is 16.0 Å². The Hall–Kier alpha value is -2.91. The van der Waals surface area contributed by atoms with Crippen LogP contribution >= 0.6 is 15.9 Å². The number of pyridine rings is 1. The van der Waals surface area contributed by atoms with Gasteiger partial charge in [-0.3, -0.25) is 9.78 Å². The minimum atomic E-state index is 0.0810. The molecule has 2 fully saturated rings. The van der Waals surface area contributed by atoms with Gasteiger partial charge in [-0.25, -0.2) is 14.6 Å². The Kier molecular flexibility index (Phi) is 6.20. The van der Waals surface area contributed by atoms with E-state index >= 15 is 0 Å². The number of rotatable bonds is 5. The van der Waals surface area contributed by atoms with Crippen LogP contribution in [0.1, 0.15) is 37.9 Å². The Morgan fingerprint density at radius 1 is 1.14 bits per heavy atom. The normalized spacial score (nSPS) is 21.1. The average Bonchev–Trinajstić information content (AvgIpc) is 3.49. The molecule has 2 aliphatic rings. The minimum absolute atomic E-state index is 0.0810. The van der Waals surface area contributed by atoms with Crippen molar-refractivity contribution in [2.45, 2.75) is 44.6 Å². The number of hydrogen-bond donors (Lipinski definition) is 1. The molecule has 9 heteroatoms. The van der Waals surface area contributed by atoms with Gasteiger partial charge in [0.05, 0.1) is 16.6 Å². The van der Waals surface area contributed by atoms with E-state index < -0.39 is 0 Å². The third kappa shape index (κ3) is 4.67. The highest BCUT2D eigenvalue weighted by Gasteiger charge is 2.32. The molecule has 35 heavy (non-hydrogen) atoms. The smallest absolute Gasteiger partial charge is 0.223 e. The molecule has 2 atom stereocenters. The largest absolute Gasteiger partial charge is 0.381 e. The molecule has 1 aromatic carbocycles. The number of benzene rings is 1. The maximum absolute atomic E-state index is 12.8. The van der Waals surface area contributed by atoms with Crippen molar-refractivity contribution in [2.24, 2.45) is 11.8 Å². The molecule has 0 radical (unpaired) electrons. The monoisotopic (exact) mass is 534 g/mol. The number of ether oxygens (including phenoxy) is 1. The van der Waals surface area contributed by atoms with E-state index in [-0.39, 0.29) is 17.9 Å². The fraction of sp³-hybridized carbons (Fsp3) is 0.423. The number of halogens is 1. The summed E-state index contributed by atoms with van der Waals surface area (Å²) < 4.78 is 7.98. The summed E-state index contributed by atoms with van der Waals surface area (Å²) in [6, 6.07) is 10.3. The number of nitrogens with zero attached hydrogens (tertiary/aromatic N) is 5. The molecule has 8 nitrogen and oxygen atoms in total. The van der Waals surface area contributed by atoms with Crippen LogP contribution in [0.3, 0.4) is 0 Å². The van der Waals surface area contributed by atoms with Gasteiger partial charge in [0.15, 0.2) is 5.65 Å². The molecule has 0 bridgehead atoms. The van der Waals surface area contributed by atoms with Crippen molar-refractivity contribution in [2.75, 3.05) is 13.2 Å². The van der Waals surface area contributed by atoms with E-state index in [4.69, 9.17) is 9.72 Å². The van der Waals surface area contributed by atoms with Crippen LogP contribution < -0.4 is 5.32 Å². The number of hydrogen-bond acceptors (Lipinski definition) is 6. The van der Waals surface area contributed by atoms with Gasteiger partial charge in [-0.2, -0.15) is 5.10 Å². The van der Waals surface area contributed by atoms with Gasteiger partial charge in [-0.1, -0.05) is 6.07 Å². The van der Waals surface area contributed by atoms with Gasteiger partial charge in [0.1, 0.15) is 10.4 Å². The fourth-order valence-electron chi connectivity index (χ4n) is 5.29. The third-order valence-corrected chi connectivity index (χ3v) is 7.80. The predicted octanol–water partition coefficient (Wildman–Crippen LogP) is 4.38. The zero-order chi connectivity index (χ0) is 23.8. The van der Waals surface area contributed by atoms with E-state index in [0.717, 1.165) is 89.8 Å². The number of amides is 1. The highest BCUT2D eigenvalue weighted by Crippen LogP contribution is 2.34. The van der Waals surface area contributed by atoms with E-state index in [0.29, 0.717) is 5.92 Å². The van der Waals surface area contributed by atoms with E-state index in [9.17, 15) is 4.79 Å². The molecule has 1 saturated carbocycles. The Labute approximate surface area is 211 Å². The summed E-state index contributed by atoms with van der Waals surface area (Å²) in [5, 5.41) is 9.84. The zero-order valence-corrected chi connectivity index (χ0v) is 20.9. The van der Waals surface area contributed by atoms with E-state index in [2.05, 4.69) is 42.4 Å². The third-order valence-electron chi connectivity index (χ3n) is 7.21. The van der Waals surface area contributed by atoms with E-state index in [1.807, 2.05) is 35.1 Å². The highest BCUT2D eigenvalue weighted by atomic mass is 79.9. The van der Waals surface area contributed by atoms with Gasteiger partial charge in [0, 0.05) is 49.4 Å². The van der Waals surface area contributed by atoms with Gasteiger partial charge >= 0.3 is 0 Å². The lowest BCUT2D eigenvalue weighted by atomic mass is 10.00. The van der Waals surface area contributed by atoms with Crippen molar-refractivity contribution in [3.63, 3.8) is 0 Å². The second kappa shape index (κ2) is 9.62. The first-order valence-electron chi connectivity index (χ1n) is 12.3. The van der Waals surface area contributed by atoms with Gasteiger partial charge < -0.3 is 10.1 Å². The van der Waals surface area contributed by atoms with E-state index in [1.54, 1.807) is 6.20 Å². The van der Waals surface area contributed by atoms with Crippen molar-refractivity contribution in [1.29, 1.82) is 0 Å². The molecule has 1 N–H and O–H groups in total. The quantitative estimate of drug-likeness (QED) is 0.408. The average molecular weight is 535 g/mol. The molecule has 1 aliphatic carbocycles. The first-order valence-corrected chi connectivity index (χ1v) is 13.1. The fourth-order valence-corrected chi connectivity index (χ4v) is 5.73. The number of nitrogens with one attached hydrogen (secondary N) is 1. The first-order chi connectivity index (χ1) is 17.1. The molecule has 4 heterocycles. The lowest BCUT2D eigenvalue weighted by Gasteiger charge is -2.24. The Morgan fingerprint density at radius 2 is 2.03 bits per heavy atom. The summed E-state index contributed by atoms with van der Waals surface area (Å²) in [4.78, 5) is 26.7.